The molecule has 0 spiro atoms. The predicted octanol–water partition coefficient (Wildman–Crippen LogP) is -1.23. The van der Waals surface area contributed by atoms with Crippen molar-refractivity contribution in [2.45, 2.75) is 6.54 Å². The molecule has 0 aliphatic carbocycles. The summed E-state index contributed by atoms with van der Waals surface area (Å²) in [5, 5.41) is 17.5. The van der Waals surface area contributed by atoms with E-state index in [1.165, 1.54) is 11.1 Å². The highest BCUT2D eigenvalue weighted by molar-refractivity contribution is 7.80. The minimum absolute atomic E-state index is 0.620. The molecule has 0 fully saturated rings. The van der Waals surface area contributed by atoms with Crippen LogP contribution in [-0.4, -0.2) is 38.9 Å². The van der Waals surface area contributed by atoms with E-state index in [9.17, 15) is 0 Å². The van der Waals surface area contributed by atoms with Crippen LogP contribution in [0.15, 0.2) is 6.33 Å². The second-order valence-corrected chi connectivity index (χ2v) is 2.45. The van der Waals surface area contributed by atoms with Crippen molar-refractivity contribution in [3.63, 3.8) is 0 Å². The maximum Gasteiger partial charge on any atom is 0.166 e. The molecule has 1 rings (SSSR count). The number of nitrogens with one attached hydrogen (secondary N) is 2. The van der Waals surface area contributed by atoms with Crippen LogP contribution in [0.2, 0.25) is 0 Å². The Balaban J connectivity index is 2.15. The van der Waals surface area contributed by atoms with E-state index < -0.39 is 0 Å². The molecule has 0 amide bonds. The normalized spacial score (nSPS) is 9.42. The lowest BCUT2D eigenvalue weighted by Gasteiger charge is -2.04. The van der Waals surface area contributed by atoms with Gasteiger partial charge in [0, 0.05) is 13.6 Å². The van der Waals surface area contributed by atoms with Gasteiger partial charge >= 0.3 is 0 Å². The van der Waals surface area contributed by atoms with E-state index in [2.05, 4.69) is 26.0 Å². The highest BCUT2D eigenvalue weighted by atomic mass is 32.1. The number of rotatable bonds is 3. The zero-order valence-corrected chi connectivity index (χ0v) is 7.51. The van der Waals surface area contributed by atoms with E-state index in [4.69, 9.17) is 12.2 Å². The van der Waals surface area contributed by atoms with Crippen molar-refractivity contribution in [2.24, 2.45) is 0 Å². The summed E-state index contributed by atoms with van der Waals surface area (Å²) in [6, 6.07) is 0. The summed E-state index contributed by atoms with van der Waals surface area (Å²) in [5.74, 6) is 0. The first-order chi connectivity index (χ1) is 5.83. The second-order valence-electron chi connectivity index (χ2n) is 2.04. The van der Waals surface area contributed by atoms with Crippen LogP contribution < -0.4 is 10.6 Å². The SMILES string of the molecule is CNC(=S)NCCn1ncnn1. The summed E-state index contributed by atoms with van der Waals surface area (Å²) < 4.78 is 0. The van der Waals surface area contributed by atoms with Gasteiger partial charge in [0.2, 0.25) is 0 Å². The van der Waals surface area contributed by atoms with E-state index >= 15 is 0 Å². The van der Waals surface area contributed by atoms with Gasteiger partial charge in [0.1, 0.15) is 0 Å². The van der Waals surface area contributed by atoms with Crippen molar-refractivity contribution in [2.75, 3.05) is 13.6 Å². The quantitative estimate of drug-likeness (QED) is 0.576. The number of thiocarbonyl (C=S) groups is 1. The van der Waals surface area contributed by atoms with Crippen LogP contribution in [0.25, 0.3) is 0 Å². The summed E-state index contributed by atoms with van der Waals surface area (Å²) in [6.45, 7) is 1.35. The summed E-state index contributed by atoms with van der Waals surface area (Å²) in [5.41, 5.74) is 0. The topological polar surface area (TPSA) is 67.7 Å². The third-order valence-corrected chi connectivity index (χ3v) is 1.56. The van der Waals surface area contributed by atoms with Crippen molar-refractivity contribution in [3.05, 3.63) is 6.33 Å². The van der Waals surface area contributed by atoms with Gasteiger partial charge in [-0.2, -0.15) is 4.80 Å². The number of tetrazole rings is 1. The van der Waals surface area contributed by atoms with Crippen LogP contribution in [0, 0.1) is 0 Å². The van der Waals surface area contributed by atoms with Gasteiger partial charge in [-0.15, -0.1) is 10.2 Å². The van der Waals surface area contributed by atoms with Crippen molar-refractivity contribution >= 4 is 17.3 Å². The van der Waals surface area contributed by atoms with Crippen molar-refractivity contribution in [1.82, 2.24) is 30.8 Å². The molecule has 0 unspecified atom stereocenters. The molecule has 0 aromatic carbocycles. The molecular weight excluding hydrogens is 176 g/mol. The third kappa shape index (κ3) is 2.79. The van der Waals surface area contributed by atoms with Gasteiger partial charge < -0.3 is 10.6 Å². The first-order valence-corrected chi connectivity index (χ1v) is 3.90. The first kappa shape index (κ1) is 8.85. The molecule has 0 saturated heterocycles. The van der Waals surface area contributed by atoms with Crippen molar-refractivity contribution < 1.29 is 0 Å². The lowest BCUT2D eigenvalue weighted by Crippen LogP contribution is -2.34. The molecule has 12 heavy (non-hydrogen) atoms. The van der Waals surface area contributed by atoms with Crippen molar-refractivity contribution in [3.8, 4) is 0 Å². The molecular formula is C5H10N6S. The molecule has 0 radical (unpaired) electrons. The van der Waals surface area contributed by atoms with E-state index in [-0.39, 0.29) is 0 Å². The summed E-state index contributed by atoms with van der Waals surface area (Å²) in [6.07, 6.45) is 1.40. The van der Waals surface area contributed by atoms with Gasteiger partial charge in [-0.25, -0.2) is 0 Å². The van der Waals surface area contributed by atoms with Crippen LogP contribution in [-0.2, 0) is 6.54 Å². The maximum absolute atomic E-state index is 4.86. The van der Waals surface area contributed by atoms with Gasteiger partial charge in [-0.3, -0.25) is 0 Å². The lowest BCUT2D eigenvalue weighted by molar-refractivity contribution is 0.517. The molecule has 1 aromatic rings. The Hall–Kier alpha value is -1.24. The Kier molecular flexibility index (Phi) is 3.39. The Morgan fingerprint density at radius 1 is 1.67 bits per heavy atom. The van der Waals surface area contributed by atoms with Crippen molar-refractivity contribution in [1.29, 1.82) is 0 Å². The van der Waals surface area contributed by atoms with Gasteiger partial charge in [-0.1, -0.05) is 0 Å². The van der Waals surface area contributed by atoms with Crippen LogP contribution in [0.1, 0.15) is 0 Å². The average Bonchev–Trinajstić information content (AvgIpc) is 2.57. The summed E-state index contributed by atoms with van der Waals surface area (Å²) in [4.78, 5) is 1.49. The van der Waals surface area contributed by atoms with Crippen LogP contribution in [0.4, 0.5) is 0 Å². The van der Waals surface area contributed by atoms with Gasteiger partial charge in [-0.05, 0) is 17.4 Å². The number of hydrogen-bond acceptors (Lipinski definition) is 4. The largest absolute Gasteiger partial charge is 0.366 e. The Labute approximate surface area is 75.3 Å². The molecule has 1 aromatic heterocycles. The maximum atomic E-state index is 4.86. The fraction of sp³-hybridized carbons (Fsp3) is 0.600. The smallest absolute Gasteiger partial charge is 0.166 e. The summed E-state index contributed by atoms with van der Waals surface area (Å²) >= 11 is 4.86. The lowest BCUT2D eigenvalue weighted by atomic mass is 10.6. The number of aromatic nitrogens is 4. The number of nitrogens with zero attached hydrogens (tertiary/aromatic N) is 4. The van der Waals surface area contributed by atoms with Crippen LogP contribution >= 0.6 is 12.2 Å². The zero-order chi connectivity index (χ0) is 8.81. The molecule has 1 heterocycles. The standard InChI is InChI=1S/C5H10N6S/c1-6-5(12)7-2-3-11-9-4-8-10-11/h4H,2-3H2,1H3,(H2,6,7,12). The minimum Gasteiger partial charge on any atom is -0.366 e. The Morgan fingerprint density at radius 2 is 2.50 bits per heavy atom. The molecule has 7 heteroatoms. The predicted molar refractivity (Wildman–Crippen MR) is 47.5 cm³/mol. The second kappa shape index (κ2) is 4.60. The molecule has 6 nitrogen and oxygen atoms in total. The van der Waals surface area contributed by atoms with E-state index in [1.54, 1.807) is 7.05 Å². The van der Waals surface area contributed by atoms with E-state index in [0.29, 0.717) is 18.2 Å². The fourth-order valence-corrected chi connectivity index (χ4v) is 0.751. The van der Waals surface area contributed by atoms with Crippen LogP contribution in [0.3, 0.4) is 0 Å². The molecule has 2 N–H and O–H groups in total. The highest BCUT2D eigenvalue weighted by Gasteiger charge is 1.93. The molecule has 0 aliphatic heterocycles. The Morgan fingerprint density at radius 3 is 3.08 bits per heavy atom. The van der Waals surface area contributed by atoms with Gasteiger partial charge in [0.15, 0.2) is 11.4 Å². The molecule has 0 atom stereocenters. The fourth-order valence-electron chi connectivity index (χ4n) is 0.649. The highest BCUT2D eigenvalue weighted by Crippen LogP contribution is 1.72. The molecule has 66 valence electrons. The zero-order valence-electron chi connectivity index (χ0n) is 6.69. The first-order valence-electron chi connectivity index (χ1n) is 3.49. The van der Waals surface area contributed by atoms with Gasteiger partial charge in [0.25, 0.3) is 0 Å². The Bertz CT molecular complexity index is 232. The molecule has 0 aliphatic rings. The molecule has 0 saturated carbocycles. The third-order valence-electron chi connectivity index (χ3n) is 1.22. The number of hydrogen-bond donors (Lipinski definition) is 2. The average molecular weight is 186 g/mol. The van der Waals surface area contributed by atoms with E-state index in [0.717, 1.165) is 0 Å². The monoisotopic (exact) mass is 186 g/mol. The van der Waals surface area contributed by atoms with Crippen LogP contribution in [0.5, 0.6) is 0 Å². The minimum atomic E-state index is 0.620. The summed E-state index contributed by atoms with van der Waals surface area (Å²) in [7, 11) is 1.77. The van der Waals surface area contributed by atoms with E-state index in [1.807, 2.05) is 0 Å². The molecule has 0 bridgehead atoms. The van der Waals surface area contributed by atoms with Gasteiger partial charge in [0.05, 0.1) is 6.54 Å².